The largest absolute Gasteiger partial charge is 0.350 e. The Bertz CT molecular complexity index is 189. The van der Waals surface area contributed by atoms with Crippen molar-refractivity contribution >= 4 is 28.5 Å². The van der Waals surface area contributed by atoms with Gasteiger partial charge in [0.2, 0.25) is 5.91 Å². The summed E-state index contributed by atoms with van der Waals surface area (Å²) in [5.41, 5.74) is 0.257. The molecule has 62 valence electrons. The van der Waals surface area contributed by atoms with Gasteiger partial charge in [-0.3, -0.25) is 4.79 Å². The molecule has 0 radical (unpaired) electrons. The summed E-state index contributed by atoms with van der Waals surface area (Å²) in [6.07, 6.45) is 4.82. The molecular formula is C8H12INO. The molecule has 0 bridgehead atoms. The molecule has 1 amide bonds. The van der Waals surface area contributed by atoms with Crippen LogP contribution in [0.1, 0.15) is 25.7 Å². The fourth-order valence-electron chi connectivity index (χ4n) is 2.04. The molecule has 1 saturated heterocycles. The van der Waals surface area contributed by atoms with Crippen molar-refractivity contribution in [2.24, 2.45) is 5.92 Å². The van der Waals surface area contributed by atoms with Crippen LogP contribution >= 0.6 is 22.6 Å². The lowest BCUT2D eigenvalue weighted by Crippen LogP contribution is -2.47. The van der Waals surface area contributed by atoms with Crippen molar-refractivity contribution in [2.75, 3.05) is 4.43 Å². The number of hydrogen-bond donors (Lipinski definition) is 1. The molecule has 0 aromatic heterocycles. The Balaban J connectivity index is 2.05. The Morgan fingerprint density at radius 1 is 1.64 bits per heavy atom. The van der Waals surface area contributed by atoms with Gasteiger partial charge in [0.05, 0.1) is 0 Å². The fourth-order valence-corrected chi connectivity index (χ4v) is 2.75. The highest BCUT2D eigenvalue weighted by molar-refractivity contribution is 14.1. The molecule has 1 N–H and O–H groups in total. The van der Waals surface area contributed by atoms with Crippen molar-refractivity contribution in [3.63, 3.8) is 0 Å². The monoisotopic (exact) mass is 265 g/mol. The summed E-state index contributed by atoms with van der Waals surface area (Å²) in [6.45, 7) is 0. The van der Waals surface area contributed by atoms with Gasteiger partial charge in [0.1, 0.15) is 0 Å². The van der Waals surface area contributed by atoms with E-state index in [1.54, 1.807) is 0 Å². The van der Waals surface area contributed by atoms with Crippen LogP contribution in [-0.4, -0.2) is 15.9 Å². The highest BCUT2D eigenvalue weighted by Crippen LogP contribution is 2.41. The zero-order chi connectivity index (χ0) is 7.90. The summed E-state index contributed by atoms with van der Waals surface area (Å²) >= 11 is 2.30. The Morgan fingerprint density at radius 3 is 2.64 bits per heavy atom. The molecule has 2 nitrogen and oxygen atoms in total. The third-order valence-corrected chi connectivity index (χ3v) is 3.96. The summed E-state index contributed by atoms with van der Waals surface area (Å²) in [7, 11) is 0. The molecule has 2 aliphatic rings. The van der Waals surface area contributed by atoms with Crippen molar-refractivity contribution in [1.82, 2.24) is 5.32 Å². The summed E-state index contributed by atoms with van der Waals surface area (Å²) in [5, 5.41) is 3.12. The predicted octanol–water partition coefficient (Wildman–Crippen LogP) is 1.48. The first-order valence-corrected chi connectivity index (χ1v) is 5.66. The lowest BCUT2D eigenvalue weighted by Gasteiger charge is -2.38. The standard InChI is InChI=1S/C8H12INO/c9-5-6-4-8(2-1-3-8)10-7(6)11/h6H,1-5H2,(H,10,11). The number of carbonyl (C=O) groups is 1. The van der Waals surface area contributed by atoms with Gasteiger partial charge >= 0.3 is 0 Å². The summed E-state index contributed by atoms with van der Waals surface area (Å²) in [6, 6.07) is 0. The second kappa shape index (κ2) is 2.61. The number of carbonyl (C=O) groups excluding carboxylic acids is 1. The quantitative estimate of drug-likeness (QED) is 0.564. The minimum atomic E-state index is 0.257. The van der Waals surface area contributed by atoms with E-state index >= 15 is 0 Å². The van der Waals surface area contributed by atoms with E-state index in [-0.39, 0.29) is 5.54 Å². The molecule has 2 fully saturated rings. The van der Waals surface area contributed by atoms with Gasteiger partial charge in [-0.05, 0) is 25.7 Å². The van der Waals surface area contributed by atoms with E-state index in [0.29, 0.717) is 11.8 Å². The highest BCUT2D eigenvalue weighted by atomic mass is 127. The van der Waals surface area contributed by atoms with Crippen LogP contribution < -0.4 is 5.32 Å². The zero-order valence-electron chi connectivity index (χ0n) is 6.40. The van der Waals surface area contributed by atoms with Crippen LogP contribution in [0.3, 0.4) is 0 Å². The van der Waals surface area contributed by atoms with Crippen LogP contribution in [0.25, 0.3) is 0 Å². The smallest absolute Gasteiger partial charge is 0.224 e. The molecule has 1 heterocycles. The fraction of sp³-hybridized carbons (Fsp3) is 0.875. The lowest BCUT2D eigenvalue weighted by molar-refractivity contribution is -0.122. The van der Waals surface area contributed by atoms with Crippen molar-refractivity contribution in [3.8, 4) is 0 Å². The molecular weight excluding hydrogens is 253 g/mol. The van der Waals surface area contributed by atoms with Crippen molar-refractivity contribution in [2.45, 2.75) is 31.2 Å². The van der Waals surface area contributed by atoms with E-state index in [0.717, 1.165) is 10.8 Å². The zero-order valence-corrected chi connectivity index (χ0v) is 8.56. The molecule has 2 rings (SSSR count). The van der Waals surface area contributed by atoms with Crippen LogP contribution in [0.5, 0.6) is 0 Å². The normalized spacial score (nSPS) is 33.5. The van der Waals surface area contributed by atoms with Gasteiger partial charge in [0.25, 0.3) is 0 Å². The average Bonchev–Trinajstić information content (AvgIpc) is 2.26. The Morgan fingerprint density at radius 2 is 2.36 bits per heavy atom. The summed E-state index contributed by atoms with van der Waals surface area (Å²) in [5.74, 6) is 0.593. The Labute approximate surface area is 80.3 Å². The van der Waals surface area contributed by atoms with Gasteiger partial charge in [-0.2, -0.15) is 0 Å². The van der Waals surface area contributed by atoms with Crippen LogP contribution in [0, 0.1) is 5.92 Å². The number of hydrogen-bond acceptors (Lipinski definition) is 1. The molecule has 11 heavy (non-hydrogen) atoms. The first-order valence-electron chi connectivity index (χ1n) is 4.14. The molecule has 1 atom stereocenters. The number of nitrogens with one attached hydrogen (secondary N) is 1. The van der Waals surface area contributed by atoms with Crippen LogP contribution in [0.15, 0.2) is 0 Å². The second-order valence-electron chi connectivity index (χ2n) is 3.68. The van der Waals surface area contributed by atoms with Gasteiger partial charge < -0.3 is 5.32 Å². The lowest BCUT2D eigenvalue weighted by atomic mass is 9.75. The maximum Gasteiger partial charge on any atom is 0.224 e. The van der Waals surface area contributed by atoms with E-state index in [1.165, 1.54) is 19.3 Å². The van der Waals surface area contributed by atoms with Gasteiger partial charge in [-0.15, -0.1) is 0 Å². The minimum absolute atomic E-state index is 0.257. The molecule has 3 heteroatoms. The Kier molecular flexibility index (Phi) is 1.85. The van der Waals surface area contributed by atoms with Gasteiger partial charge in [-0.1, -0.05) is 22.6 Å². The van der Waals surface area contributed by atoms with Crippen LogP contribution in [0.2, 0.25) is 0 Å². The molecule has 1 aliphatic heterocycles. The first-order chi connectivity index (χ1) is 5.26. The van der Waals surface area contributed by atoms with E-state index in [9.17, 15) is 4.79 Å². The third kappa shape index (κ3) is 1.17. The molecule has 0 aromatic rings. The topological polar surface area (TPSA) is 29.1 Å². The van der Waals surface area contributed by atoms with E-state index < -0.39 is 0 Å². The Hall–Kier alpha value is 0.200. The molecule has 1 saturated carbocycles. The summed E-state index contributed by atoms with van der Waals surface area (Å²) < 4.78 is 0.978. The maximum absolute atomic E-state index is 11.3. The molecule has 1 aliphatic carbocycles. The number of amides is 1. The number of rotatable bonds is 1. The average molecular weight is 265 g/mol. The van der Waals surface area contributed by atoms with Gasteiger partial charge in [0, 0.05) is 15.9 Å². The van der Waals surface area contributed by atoms with E-state index in [2.05, 4.69) is 27.9 Å². The molecule has 1 spiro atoms. The molecule has 1 unspecified atom stereocenters. The van der Waals surface area contributed by atoms with Gasteiger partial charge in [0.15, 0.2) is 0 Å². The van der Waals surface area contributed by atoms with Crippen LogP contribution in [-0.2, 0) is 4.79 Å². The van der Waals surface area contributed by atoms with Crippen LogP contribution in [0.4, 0.5) is 0 Å². The number of halogens is 1. The van der Waals surface area contributed by atoms with E-state index in [1.807, 2.05) is 0 Å². The highest BCUT2D eigenvalue weighted by Gasteiger charge is 2.47. The third-order valence-electron chi connectivity index (χ3n) is 2.89. The van der Waals surface area contributed by atoms with Crippen molar-refractivity contribution < 1.29 is 4.79 Å². The number of alkyl halides is 1. The second-order valence-corrected chi connectivity index (χ2v) is 4.56. The van der Waals surface area contributed by atoms with Crippen molar-refractivity contribution in [1.29, 1.82) is 0 Å². The van der Waals surface area contributed by atoms with Gasteiger partial charge in [-0.25, -0.2) is 0 Å². The van der Waals surface area contributed by atoms with E-state index in [4.69, 9.17) is 0 Å². The SMILES string of the molecule is O=C1NC2(CCC2)CC1CI. The van der Waals surface area contributed by atoms with Crippen molar-refractivity contribution in [3.05, 3.63) is 0 Å². The molecule has 0 aromatic carbocycles. The maximum atomic E-state index is 11.3. The minimum Gasteiger partial charge on any atom is -0.350 e. The first kappa shape index (κ1) is 7.83. The summed E-state index contributed by atoms with van der Waals surface area (Å²) in [4.78, 5) is 11.3. The predicted molar refractivity (Wildman–Crippen MR) is 51.7 cm³/mol.